The number of hydrogen-bond donors (Lipinski definition) is 2. The van der Waals surface area contributed by atoms with Gasteiger partial charge >= 0.3 is 0 Å². The first-order valence-electron chi connectivity index (χ1n) is 8.27. The van der Waals surface area contributed by atoms with Crippen LogP contribution in [0.4, 0.5) is 11.4 Å². The van der Waals surface area contributed by atoms with Crippen LogP contribution >= 0.6 is 0 Å². The van der Waals surface area contributed by atoms with E-state index in [2.05, 4.69) is 30.9 Å². The Morgan fingerprint density at radius 3 is 1.92 bits per heavy atom. The van der Waals surface area contributed by atoms with Crippen LogP contribution < -0.4 is 11.5 Å². The van der Waals surface area contributed by atoms with Crippen molar-refractivity contribution in [2.24, 2.45) is 0 Å². The van der Waals surface area contributed by atoms with Crippen molar-refractivity contribution in [2.45, 2.75) is 27.2 Å². The van der Waals surface area contributed by atoms with Gasteiger partial charge in [-0.15, -0.1) is 6.58 Å². The molecule has 0 spiro atoms. The van der Waals surface area contributed by atoms with Crippen molar-refractivity contribution in [1.29, 1.82) is 0 Å². The second-order valence-electron chi connectivity index (χ2n) is 4.74. The molecule has 0 atom stereocenters. The zero-order chi connectivity index (χ0) is 18.2. The maximum absolute atomic E-state index is 5.67. The molecule has 0 aromatic heterocycles. The molecule has 0 bridgehead atoms. The fourth-order valence-corrected chi connectivity index (χ4v) is 1.84. The van der Waals surface area contributed by atoms with Crippen LogP contribution in [0.1, 0.15) is 32.8 Å². The molecule has 0 saturated carbocycles. The maximum Gasteiger partial charge on any atom is 0.0320 e. The van der Waals surface area contributed by atoms with Crippen molar-refractivity contribution in [2.75, 3.05) is 11.5 Å². The summed E-state index contributed by atoms with van der Waals surface area (Å²) in [4.78, 5) is 0. The third-order valence-corrected chi connectivity index (χ3v) is 2.79. The normalized spacial score (nSPS) is 10.7. The monoisotopic (exact) mass is 322 g/mol. The van der Waals surface area contributed by atoms with E-state index in [1.807, 2.05) is 69.3 Å². The third kappa shape index (κ3) is 9.31. The standard InChI is InChI=1S/C11H11N.C6H7N.C3H6.C2H6/c12-11-7-3-6-10(8-11)9-4-1-2-5-9;7-6-4-2-1-3-5-6;1-3-2;1-2/h1,3-8H,2,12H2;1-5H,7H2;3H,1H2,2H3;1-2H3. The fourth-order valence-electron chi connectivity index (χ4n) is 1.84. The molecule has 128 valence electrons. The number of nitrogens with two attached hydrogens (primary N) is 2. The largest absolute Gasteiger partial charge is 0.399 e. The van der Waals surface area contributed by atoms with Gasteiger partial charge in [0.25, 0.3) is 0 Å². The molecule has 0 aliphatic heterocycles. The zero-order valence-corrected chi connectivity index (χ0v) is 15.1. The highest BCUT2D eigenvalue weighted by Crippen LogP contribution is 2.22. The van der Waals surface area contributed by atoms with Crippen LogP contribution in [0, 0.1) is 0 Å². The van der Waals surface area contributed by atoms with Crippen LogP contribution in [0.2, 0.25) is 0 Å². The Balaban J connectivity index is 0.000000376. The van der Waals surface area contributed by atoms with Crippen LogP contribution in [-0.4, -0.2) is 0 Å². The van der Waals surface area contributed by atoms with Crippen molar-refractivity contribution in [1.82, 2.24) is 0 Å². The molecule has 24 heavy (non-hydrogen) atoms. The smallest absolute Gasteiger partial charge is 0.0320 e. The minimum atomic E-state index is 0.822. The van der Waals surface area contributed by atoms with Gasteiger partial charge in [-0.1, -0.05) is 68.5 Å². The van der Waals surface area contributed by atoms with E-state index in [0.29, 0.717) is 0 Å². The minimum Gasteiger partial charge on any atom is -0.399 e. The molecule has 4 N–H and O–H groups in total. The summed E-state index contributed by atoms with van der Waals surface area (Å²) in [6.45, 7) is 9.25. The molecule has 0 fully saturated rings. The molecule has 1 aliphatic rings. The fraction of sp³-hybridized carbons (Fsp3) is 0.182. The van der Waals surface area contributed by atoms with Crippen molar-refractivity contribution >= 4 is 16.9 Å². The lowest BCUT2D eigenvalue weighted by atomic mass is 10.1. The van der Waals surface area contributed by atoms with Crippen LogP contribution in [-0.2, 0) is 0 Å². The van der Waals surface area contributed by atoms with Gasteiger partial charge < -0.3 is 11.5 Å². The van der Waals surface area contributed by atoms with Crippen molar-refractivity contribution in [3.63, 3.8) is 0 Å². The maximum atomic E-state index is 5.67. The highest BCUT2D eigenvalue weighted by molar-refractivity contribution is 5.77. The number of benzene rings is 2. The molecule has 2 aromatic carbocycles. The number of anilines is 2. The predicted octanol–water partition coefficient (Wildman–Crippen LogP) is 6.10. The molecule has 0 amide bonds. The first kappa shape index (κ1) is 21.3. The minimum absolute atomic E-state index is 0.822. The number of nitrogen functional groups attached to an aromatic ring is 2. The van der Waals surface area contributed by atoms with Crippen LogP contribution in [0.15, 0.2) is 85.5 Å². The quantitative estimate of drug-likeness (QED) is 0.492. The van der Waals surface area contributed by atoms with E-state index < -0.39 is 0 Å². The van der Waals surface area contributed by atoms with Gasteiger partial charge in [-0.05, 0) is 48.7 Å². The van der Waals surface area contributed by atoms with E-state index in [4.69, 9.17) is 11.5 Å². The lowest BCUT2D eigenvalue weighted by molar-refractivity contribution is 1.45. The second-order valence-corrected chi connectivity index (χ2v) is 4.74. The zero-order valence-electron chi connectivity index (χ0n) is 15.1. The van der Waals surface area contributed by atoms with Gasteiger partial charge in [0.05, 0.1) is 0 Å². The average molecular weight is 322 g/mol. The van der Waals surface area contributed by atoms with E-state index in [1.54, 1.807) is 6.08 Å². The Bertz CT molecular complexity index is 625. The van der Waals surface area contributed by atoms with E-state index in [1.165, 1.54) is 11.1 Å². The van der Waals surface area contributed by atoms with Gasteiger partial charge in [0.15, 0.2) is 0 Å². The molecule has 0 saturated heterocycles. The summed E-state index contributed by atoms with van der Waals surface area (Å²) in [6.07, 6.45) is 9.28. The number of hydrogen-bond acceptors (Lipinski definition) is 2. The van der Waals surface area contributed by atoms with Gasteiger partial charge in [-0.2, -0.15) is 0 Å². The Hall–Kier alpha value is -2.74. The van der Waals surface area contributed by atoms with Gasteiger partial charge in [0.2, 0.25) is 0 Å². The first-order chi connectivity index (χ1) is 11.7. The summed E-state index contributed by atoms with van der Waals surface area (Å²) in [5.74, 6) is 0. The van der Waals surface area contributed by atoms with E-state index in [9.17, 15) is 0 Å². The molecule has 1 aliphatic carbocycles. The molecule has 2 nitrogen and oxygen atoms in total. The molecular weight excluding hydrogens is 292 g/mol. The molecule has 0 radical (unpaired) electrons. The molecular formula is C22H30N2. The summed E-state index contributed by atoms with van der Waals surface area (Å²) in [5, 5.41) is 0. The SMILES string of the molecule is C=CC.CC.Nc1cccc(C2=CCC=C2)c1.Nc1ccccc1. The van der Waals surface area contributed by atoms with Crippen LogP contribution in [0.3, 0.4) is 0 Å². The molecule has 0 unspecified atom stereocenters. The summed E-state index contributed by atoms with van der Waals surface area (Å²) < 4.78 is 0. The van der Waals surface area contributed by atoms with E-state index in [0.717, 1.165) is 17.8 Å². The van der Waals surface area contributed by atoms with Crippen molar-refractivity contribution in [3.05, 3.63) is 91.0 Å². The summed E-state index contributed by atoms with van der Waals surface area (Å²) in [6, 6.07) is 17.5. The topological polar surface area (TPSA) is 52.0 Å². The molecule has 0 heterocycles. The Labute approximate surface area is 147 Å². The van der Waals surface area contributed by atoms with Crippen LogP contribution in [0.25, 0.3) is 5.57 Å². The lowest BCUT2D eigenvalue weighted by Crippen LogP contribution is -1.85. The first-order valence-corrected chi connectivity index (χ1v) is 8.27. The number of allylic oxidation sites excluding steroid dienone is 5. The van der Waals surface area contributed by atoms with E-state index >= 15 is 0 Å². The number of para-hydroxylation sites is 1. The highest BCUT2D eigenvalue weighted by Gasteiger charge is 2.00. The van der Waals surface area contributed by atoms with Gasteiger partial charge in [-0.25, -0.2) is 0 Å². The lowest BCUT2D eigenvalue weighted by Gasteiger charge is -2.00. The average Bonchev–Trinajstić information content (AvgIpc) is 3.13. The van der Waals surface area contributed by atoms with Crippen molar-refractivity contribution in [3.8, 4) is 0 Å². The Morgan fingerprint density at radius 1 is 0.917 bits per heavy atom. The van der Waals surface area contributed by atoms with Gasteiger partial charge in [0, 0.05) is 11.4 Å². The van der Waals surface area contributed by atoms with Gasteiger partial charge in [0.1, 0.15) is 0 Å². The molecule has 3 rings (SSSR count). The van der Waals surface area contributed by atoms with Crippen LogP contribution in [0.5, 0.6) is 0 Å². The Kier molecular flexibility index (Phi) is 12.3. The predicted molar refractivity (Wildman–Crippen MR) is 111 cm³/mol. The summed E-state index contributed by atoms with van der Waals surface area (Å²) in [7, 11) is 0. The molecule has 2 heteroatoms. The highest BCUT2D eigenvalue weighted by atomic mass is 14.5. The molecule has 2 aromatic rings. The van der Waals surface area contributed by atoms with E-state index in [-0.39, 0.29) is 0 Å². The third-order valence-electron chi connectivity index (χ3n) is 2.79. The Morgan fingerprint density at radius 2 is 1.50 bits per heavy atom. The van der Waals surface area contributed by atoms with Crippen molar-refractivity contribution < 1.29 is 0 Å². The number of rotatable bonds is 1. The summed E-state index contributed by atoms with van der Waals surface area (Å²) in [5.41, 5.74) is 15.2. The second kappa shape index (κ2) is 13.9. The van der Waals surface area contributed by atoms with Gasteiger partial charge in [-0.3, -0.25) is 0 Å². The summed E-state index contributed by atoms with van der Waals surface area (Å²) >= 11 is 0.